The fourth-order valence-electron chi connectivity index (χ4n) is 1.74. The minimum atomic E-state index is -0.386. The van der Waals surface area contributed by atoms with Gasteiger partial charge in [0.1, 0.15) is 5.75 Å². The van der Waals surface area contributed by atoms with Gasteiger partial charge < -0.3 is 10.1 Å². The quantitative estimate of drug-likeness (QED) is 0.628. The second-order valence-electron chi connectivity index (χ2n) is 4.62. The molecule has 120 valence electrons. The van der Waals surface area contributed by atoms with Gasteiger partial charge in [0.2, 0.25) is 0 Å². The Kier molecular flexibility index (Phi) is 5.87. The molecule has 7 heteroatoms. The van der Waals surface area contributed by atoms with Crippen LogP contribution in [0.15, 0.2) is 46.9 Å². The van der Waals surface area contributed by atoms with Gasteiger partial charge in [-0.15, -0.1) is 11.3 Å². The van der Waals surface area contributed by atoms with Crippen LogP contribution in [0.4, 0.5) is 0 Å². The first-order chi connectivity index (χ1) is 11.1. The Labute approximate surface area is 138 Å². The van der Waals surface area contributed by atoms with E-state index < -0.39 is 0 Å². The van der Waals surface area contributed by atoms with Gasteiger partial charge in [0.15, 0.2) is 0 Å². The highest BCUT2D eigenvalue weighted by Gasteiger charge is 2.08. The van der Waals surface area contributed by atoms with Gasteiger partial charge in [0.25, 0.3) is 11.8 Å². The number of amides is 2. The third kappa shape index (κ3) is 4.93. The normalized spacial score (nSPS) is 11.0. The summed E-state index contributed by atoms with van der Waals surface area (Å²) in [5.74, 6) is 0.0932. The topological polar surface area (TPSA) is 79.8 Å². The lowest BCUT2D eigenvalue weighted by Gasteiger charge is -2.05. The number of hydrogen-bond acceptors (Lipinski definition) is 5. The Bertz CT molecular complexity index is 694. The molecule has 0 atom stereocenters. The molecule has 0 saturated carbocycles. The zero-order valence-corrected chi connectivity index (χ0v) is 13.6. The van der Waals surface area contributed by atoms with Crippen molar-refractivity contribution < 1.29 is 14.3 Å². The van der Waals surface area contributed by atoms with Crippen LogP contribution in [-0.4, -0.2) is 31.2 Å². The monoisotopic (exact) mass is 331 g/mol. The zero-order chi connectivity index (χ0) is 16.7. The smallest absolute Gasteiger partial charge is 0.261 e. The molecule has 0 saturated heterocycles. The van der Waals surface area contributed by atoms with E-state index >= 15 is 0 Å². The van der Waals surface area contributed by atoms with Crippen molar-refractivity contribution in [3.63, 3.8) is 0 Å². The van der Waals surface area contributed by atoms with Gasteiger partial charge >= 0.3 is 0 Å². The van der Waals surface area contributed by atoms with Crippen molar-refractivity contribution >= 4 is 28.9 Å². The Morgan fingerprint density at radius 2 is 1.96 bits per heavy atom. The molecular weight excluding hydrogens is 314 g/mol. The summed E-state index contributed by atoms with van der Waals surface area (Å²) in [4.78, 5) is 24.0. The second kappa shape index (κ2) is 8.09. The first kappa shape index (κ1) is 16.7. The first-order valence-corrected chi connectivity index (χ1v) is 7.77. The summed E-state index contributed by atoms with van der Waals surface area (Å²) in [5, 5.41) is 8.36. The van der Waals surface area contributed by atoms with E-state index in [9.17, 15) is 9.59 Å². The lowest BCUT2D eigenvalue weighted by molar-refractivity contribution is -0.120. The van der Waals surface area contributed by atoms with Crippen LogP contribution < -0.4 is 15.5 Å². The largest absolute Gasteiger partial charge is 0.497 e. The fourth-order valence-corrected chi connectivity index (χ4v) is 2.38. The van der Waals surface area contributed by atoms with Crippen LogP contribution in [-0.2, 0) is 4.79 Å². The van der Waals surface area contributed by atoms with Crippen molar-refractivity contribution in [2.45, 2.75) is 6.92 Å². The summed E-state index contributed by atoms with van der Waals surface area (Å²) in [6.07, 6.45) is 0. The van der Waals surface area contributed by atoms with Crippen LogP contribution in [0.25, 0.3) is 0 Å². The number of benzene rings is 1. The first-order valence-electron chi connectivity index (χ1n) is 6.89. The highest BCUT2D eigenvalue weighted by molar-refractivity contribution is 7.12. The molecular formula is C16H17N3O3S. The molecule has 0 aliphatic heterocycles. The molecule has 0 aliphatic carbocycles. The van der Waals surface area contributed by atoms with Gasteiger partial charge in [-0.3, -0.25) is 9.59 Å². The minimum Gasteiger partial charge on any atom is -0.497 e. The molecule has 0 radical (unpaired) electrons. The molecule has 0 spiro atoms. The average Bonchev–Trinajstić information content (AvgIpc) is 3.12. The highest BCUT2D eigenvalue weighted by atomic mass is 32.1. The van der Waals surface area contributed by atoms with Crippen molar-refractivity contribution in [1.29, 1.82) is 0 Å². The summed E-state index contributed by atoms with van der Waals surface area (Å²) in [7, 11) is 1.60. The maximum atomic E-state index is 11.7. The third-order valence-electron chi connectivity index (χ3n) is 3.01. The number of thiophene rings is 1. The van der Waals surface area contributed by atoms with E-state index in [-0.39, 0.29) is 18.4 Å². The number of hydrogen-bond donors (Lipinski definition) is 2. The van der Waals surface area contributed by atoms with Crippen molar-refractivity contribution in [1.82, 2.24) is 10.7 Å². The lowest BCUT2D eigenvalue weighted by atomic mass is 10.1. The van der Waals surface area contributed by atoms with E-state index in [0.717, 1.165) is 11.3 Å². The molecule has 1 heterocycles. The number of nitrogens with zero attached hydrogens (tertiary/aromatic N) is 1. The van der Waals surface area contributed by atoms with Crippen LogP contribution in [0.2, 0.25) is 0 Å². The molecule has 1 aromatic heterocycles. The molecule has 0 aliphatic rings. The van der Waals surface area contributed by atoms with Gasteiger partial charge in [0.05, 0.1) is 24.2 Å². The van der Waals surface area contributed by atoms with Gasteiger partial charge in [-0.2, -0.15) is 5.10 Å². The van der Waals surface area contributed by atoms with Crippen LogP contribution in [0.1, 0.15) is 22.2 Å². The van der Waals surface area contributed by atoms with Crippen LogP contribution in [0.5, 0.6) is 5.75 Å². The zero-order valence-electron chi connectivity index (χ0n) is 12.8. The van der Waals surface area contributed by atoms with E-state index in [1.54, 1.807) is 31.5 Å². The van der Waals surface area contributed by atoms with Crippen molar-refractivity contribution in [2.24, 2.45) is 5.10 Å². The molecule has 2 rings (SSSR count). The lowest BCUT2D eigenvalue weighted by Crippen LogP contribution is -2.34. The fraction of sp³-hybridized carbons (Fsp3) is 0.188. The molecule has 0 bridgehead atoms. The molecule has 2 amide bonds. The molecule has 0 fully saturated rings. The van der Waals surface area contributed by atoms with Crippen molar-refractivity contribution in [3.05, 3.63) is 52.2 Å². The van der Waals surface area contributed by atoms with E-state index in [0.29, 0.717) is 10.6 Å². The van der Waals surface area contributed by atoms with Crippen molar-refractivity contribution in [3.8, 4) is 5.75 Å². The average molecular weight is 331 g/mol. The molecule has 6 nitrogen and oxygen atoms in total. The maximum absolute atomic E-state index is 11.7. The predicted octanol–water partition coefficient (Wildman–Crippen LogP) is 2.03. The standard InChI is InChI=1S/C16H17N3O3S/c1-11(12-5-7-13(22-2)8-6-12)18-19-15(20)10-17-16(21)14-4-3-9-23-14/h3-9H,10H2,1-2H3,(H,17,21)(H,19,20)/b18-11+. The Hall–Kier alpha value is -2.67. The molecule has 2 N–H and O–H groups in total. The SMILES string of the molecule is COc1ccc(/C(C)=N/NC(=O)CNC(=O)c2cccs2)cc1. The van der Waals surface area contributed by atoms with Gasteiger partial charge in [0, 0.05) is 0 Å². The molecule has 0 unspecified atom stereocenters. The van der Waals surface area contributed by atoms with Gasteiger partial charge in [-0.25, -0.2) is 5.43 Å². The van der Waals surface area contributed by atoms with Crippen LogP contribution in [0, 0.1) is 0 Å². The minimum absolute atomic E-state index is 0.129. The highest BCUT2D eigenvalue weighted by Crippen LogP contribution is 2.11. The van der Waals surface area contributed by atoms with Gasteiger partial charge in [-0.1, -0.05) is 6.07 Å². The molecule has 2 aromatic rings. The summed E-state index contributed by atoms with van der Waals surface area (Å²) < 4.78 is 5.08. The number of nitrogens with one attached hydrogen (secondary N) is 2. The van der Waals surface area contributed by atoms with Crippen LogP contribution in [0.3, 0.4) is 0 Å². The summed E-state index contributed by atoms with van der Waals surface area (Å²) in [6.45, 7) is 1.66. The maximum Gasteiger partial charge on any atom is 0.261 e. The number of carbonyl (C=O) groups excluding carboxylic acids is 2. The summed E-state index contributed by atoms with van der Waals surface area (Å²) >= 11 is 1.32. The number of methoxy groups -OCH3 is 1. The van der Waals surface area contributed by atoms with Crippen LogP contribution >= 0.6 is 11.3 Å². The second-order valence-corrected chi connectivity index (χ2v) is 5.57. The summed E-state index contributed by atoms with van der Waals surface area (Å²) in [5.41, 5.74) is 3.94. The predicted molar refractivity (Wildman–Crippen MR) is 90.0 cm³/mol. The molecule has 1 aromatic carbocycles. The Morgan fingerprint density at radius 1 is 1.22 bits per heavy atom. The number of carbonyl (C=O) groups is 2. The Balaban J connectivity index is 1.83. The van der Waals surface area contributed by atoms with E-state index in [1.165, 1.54) is 11.3 Å². The van der Waals surface area contributed by atoms with E-state index in [1.807, 2.05) is 24.3 Å². The Morgan fingerprint density at radius 3 is 2.57 bits per heavy atom. The van der Waals surface area contributed by atoms with Crippen molar-refractivity contribution in [2.75, 3.05) is 13.7 Å². The summed E-state index contributed by atoms with van der Waals surface area (Å²) in [6, 6.07) is 10.8. The number of hydrazone groups is 1. The van der Waals surface area contributed by atoms with E-state index in [2.05, 4.69) is 15.8 Å². The molecule has 23 heavy (non-hydrogen) atoms. The number of ether oxygens (including phenoxy) is 1. The van der Waals surface area contributed by atoms with E-state index in [4.69, 9.17) is 4.74 Å². The van der Waals surface area contributed by atoms with Gasteiger partial charge in [-0.05, 0) is 48.2 Å². The number of rotatable bonds is 6. The third-order valence-corrected chi connectivity index (χ3v) is 3.88.